The van der Waals surface area contributed by atoms with Crippen LogP contribution in [0.4, 0.5) is 11.6 Å². The fraction of sp³-hybridized carbons (Fsp3) is 0.300. The SMILES string of the molecule is CCc1c(NN)ncnc1NCc1cncs1. The summed E-state index contributed by atoms with van der Waals surface area (Å²) >= 11 is 1.61. The average molecular weight is 250 g/mol. The molecule has 0 aliphatic carbocycles. The molecule has 0 unspecified atom stereocenters. The van der Waals surface area contributed by atoms with Crippen molar-refractivity contribution < 1.29 is 0 Å². The quantitative estimate of drug-likeness (QED) is 0.549. The predicted octanol–water partition coefficient (Wildman–Crippen LogP) is 1.39. The van der Waals surface area contributed by atoms with Gasteiger partial charge in [-0.15, -0.1) is 11.3 Å². The maximum absolute atomic E-state index is 5.41. The smallest absolute Gasteiger partial charge is 0.148 e. The second-order valence-electron chi connectivity index (χ2n) is 3.37. The fourth-order valence-corrected chi connectivity index (χ4v) is 2.06. The lowest BCUT2D eigenvalue weighted by molar-refractivity contribution is 1.01. The third-order valence-electron chi connectivity index (χ3n) is 2.35. The number of anilines is 2. The van der Waals surface area contributed by atoms with Gasteiger partial charge in [0, 0.05) is 16.6 Å². The van der Waals surface area contributed by atoms with Crippen LogP contribution < -0.4 is 16.6 Å². The summed E-state index contributed by atoms with van der Waals surface area (Å²) in [5.41, 5.74) is 5.37. The number of thiazole rings is 1. The molecule has 0 spiro atoms. The molecule has 0 atom stereocenters. The van der Waals surface area contributed by atoms with Crippen molar-refractivity contribution in [2.75, 3.05) is 10.7 Å². The standard InChI is InChI=1S/C10H14N6S/c1-2-8-9(14-5-15-10(8)16-11)13-4-7-3-12-6-17-7/h3,5-6H,2,4,11H2,1H3,(H2,13,14,15,16). The molecule has 0 saturated carbocycles. The molecule has 0 aliphatic heterocycles. The average Bonchev–Trinajstić information content (AvgIpc) is 2.88. The lowest BCUT2D eigenvalue weighted by Gasteiger charge is -2.11. The molecule has 2 aromatic rings. The zero-order valence-corrected chi connectivity index (χ0v) is 10.3. The van der Waals surface area contributed by atoms with Gasteiger partial charge in [0.05, 0.1) is 12.1 Å². The molecule has 2 aromatic heterocycles. The number of nitrogens with two attached hydrogens (primary N) is 1. The number of hydrazine groups is 1. The van der Waals surface area contributed by atoms with E-state index < -0.39 is 0 Å². The van der Waals surface area contributed by atoms with Crippen LogP contribution in [-0.4, -0.2) is 15.0 Å². The van der Waals surface area contributed by atoms with Gasteiger partial charge in [-0.3, -0.25) is 4.98 Å². The Bertz CT molecular complexity index is 470. The van der Waals surface area contributed by atoms with Crippen LogP contribution in [0, 0.1) is 0 Å². The van der Waals surface area contributed by atoms with E-state index in [1.165, 1.54) is 6.33 Å². The summed E-state index contributed by atoms with van der Waals surface area (Å²) in [6, 6.07) is 0. The van der Waals surface area contributed by atoms with Gasteiger partial charge >= 0.3 is 0 Å². The molecular formula is C10H14N6S. The molecule has 17 heavy (non-hydrogen) atoms. The molecule has 2 heterocycles. The minimum absolute atomic E-state index is 0.661. The van der Waals surface area contributed by atoms with Gasteiger partial charge in [-0.05, 0) is 6.42 Å². The molecule has 7 heteroatoms. The van der Waals surface area contributed by atoms with Crippen molar-refractivity contribution in [3.63, 3.8) is 0 Å². The van der Waals surface area contributed by atoms with E-state index in [0.29, 0.717) is 12.4 Å². The van der Waals surface area contributed by atoms with Crippen LogP contribution >= 0.6 is 11.3 Å². The van der Waals surface area contributed by atoms with E-state index in [9.17, 15) is 0 Å². The summed E-state index contributed by atoms with van der Waals surface area (Å²) in [6.45, 7) is 2.75. The van der Waals surface area contributed by atoms with Gasteiger partial charge in [-0.25, -0.2) is 15.8 Å². The third kappa shape index (κ3) is 2.69. The van der Waals surface area contributed by atoms with Gasteiger partial charge in [0.15, 0.2) is 0 Å². The summed E-state index contributed by atoms with van der Waals surface area (Å²) in [6.07, 6.45) is 4.14. The second kappa shape index (κ2) is 5.55. The van der Waals surface area contributed by atoms with Crippen molar-refractivity contribution >= 4 is 23.0 Å². The summed E-state index contributed by atoms with van der Waals surface area (Å²) < 4.78 is 0. The second-order valence-corrected chi connectivity index (χ2v) is 4.34. The van der Waals surface area contributed by atoms with Crippen LogP contribution in [0.5, 0.6) is 0 Å². The number of hydrogen-bond donors (Lipinski definition) is 3. The molecule has 0 aromatic carbocycles. The van der Waals surface area contributed by atoms with E-state index in [-0.39, 0.29) is 0 Å². The predicted molar refractivity (Wildman–Crippen MR) is 68.7 cm³/mol. The van der Waals surface area contributed by atoms with Gasteiger partial charge in [-0.1, -0.05) is 6.92 Å². The first kappa shape index (κ1) is 11.7. The Morgan fingerprint density at radius 3 is 2.82 bits per heavy atom. The van der Waals surface area contributed by atoms with E-state index in [1.807, 2.05) is 18.6 Å². The number of hydrogen-bond acceptors (Lipinski definition) is 7. The van der Waals surface area contributed by atoms with Gasteiger partial charge in [0.2, 0.25) is 0 Å². The van der Waals surface area contributed by atoms with Crippen molar-refractivity contribution in [3.8, 4) is 0 Å². The molecule has 4 N–H and O–H groups in total. The summed E-state index contributed by atoms with van der Waals surface area (Å²) in [5.74, 6) is 6.88. The molecule has 0 aliphatic rings. The number of nitrogen functional groups attached to an aromatic ring is 1. The largest absolute Gasteiger partial charge is 0.365 e. The highest BCUT2D eigenvalue weighted by Crippen LogP contribution is 2.20. The highest BCUT2D eigenvalue weighted by Gasteiger charge is 2.08. The molecule has 2 rings (SSSR count). The van der Waals surface area contributed by atoms with Gasteiger partial charge in [0.1, 0.15) is 18.0 Å². The molecule has 0 saturated heterocycles. The highest BCUT2D eigenvalue weighted by atomic mass is 32.1. The Balaban J connectivity index is 2.14. The van der Waals surface area contributed by atoms with Crippen molar-refractivity contribution in [2.24, 2.45) is 5.84 Å². The normalized spacial score (nSPS) is 10.2. The molecule has 0 amide bonds. The van der Waals surface area contributed by atoms with Crippen LogP contribution in [0.1, 0.15) is 17.4 Å². The Morgan fingerprint density at radius 1 is 1.35 bits per heavy atom. The third-order valence-corrected chi connectivity index (χ3v) is 3.13. The van der Waals surface area contributed by atoms with Crippen molar-refractivity contribution in [2.45, 2.75) is 19.9 Å². The monoisotopic (exact) mass is 250 g/mol. The summed E-state index contributed by atoms with van der Waals surface area (Å²) in [7, 11) is 0. The maximum Gasteiger partial charge on any atom is 0.148 e. The Kier molecular flexibility index (Phi) is 3.84. The first-order chi connectivity index (χ1) is 8.35. The van der Waals surface area contributed by atoms with Crippen molar-refractivity contribution in [1.82, 2.24) is 15.0 Å². The maximum atomic E-state index is 5.41. The van der Waals surface area contributed by atoms with E-state index in [4.69, 9.17) is 5.84 Å². The van der Waals surface area contributed by atoms with Crippen molar-refractivity contribution in [1.29, 1.82) is 0 Å². The van der Waals surface area contributed by atoms with E-state index in [0.717, 1.165) is 22.7 Å². The van der Waals surface area contributed by atoms with Crippen LogP contribution in [0.15, 0.2) is 18.0 Å². The summed E-state index contributed by atoms with van der Waals surface area (Å²) in [5, 5.41) is 3.27. The molecule has 0 radical (unpaired) electrons. The molecule has 0 bridgehead atoms. The molecule has 6 nitrogen and oxygen atoms in total. The van der Waals surface area contributed by atoms with Crippen molar-refractivity contribution in [3.05, 3.63) is 28.5 Å². The van der Waals surface area contributed by atoms with Gasteiger partial charge in [0.25, 0.3) is 0 Å². The Labute approximate surface area is 103 Å². The highest BCUT2D eigenvalue weighted by molar-refractivity contribution is 7.09. The Hall–Kier alpha value is -1.73. The number of nitrogens with zero attached hydrogens (tertiary/aromatic N) is 3. The van der Waals surface area contributed by atoms with E-state index in [1.54, 1.807) is 11.3 Å². The van der Waals surface area contributed by atoms with Crippen LogP contribution in [-0.2, 0) is 13.0 Å². The lowest BCUT2D eigenvalue weighted by Crippen LogP contribution is -2.13. The van der Waals surface area contributed by atoms with E-state index in [2.05, 4.69) is 25.7 Å². The molecule has 90 valence electrons. The minimum atomic E-state index is 0.661. The topological polar surface area (TPSA) is 88.8 Å². The van der Waals surface area contributed by atoms with Gasteiger partial charge < -0.3 is 10.7 Å². The first-order valence-electron chi connectivity index (χ1n) is 5.26. The van der Waals surface area contributed by atoms with Crippen LogP contribution in [0.2, 0.25) is 0 Å². The lowest BCUT2D eigenvalue weighted by atomic mass is 10.2. The van der Waals surface area contributed by atoms with Gasteiger partial charge in [-0.2, -0.15) is 0 Å². The Morgan fingerprint density at radius 2 is 2.18 bits per heavy atom. The van der Waals surface area contributed by atoms with Crippen LogP contribution in [0.25, 0.3) is 0 Å². The minimum Gasteiger partial charge on any atom is -0.365 e. The number of nitrogens with one attached hydrogen (secondary N) is 2. The molecule has 0 fully saturated rings. The summed E-state index contributed by atoms with van der Waals surface area (Å²) in [4.78, 5) is 13.5. The number of rotatable bonds is 5. The van der Waals surface area contributed by atoms with Crippen LogP contribution in [0.3, 0.4) is 0 Å². The first-order valence-corrected chi connectivity index (χ1v) is 6.14. The number of aromatic nitrogens is 3. The molecular weight excluding hydrogens is 236 g/mol. The fourth-order valence-electron chi connectivity index (χ4n) is 1.52. The van der Waals surface area contributed by atoms with E-state index >= 15 is 0 Å². The zero-order chi connectivity index (χ0) is 12.1. The zero-order valence-electron chi connectivity index (χ0n) is 9.47.